The predicted molar refractivity (Wildman–Crippen MR) is 101 cm³/mol. The van der Waals surface area contributed by atoms with E-state index >= 15 is 0 Å². The van der Waals surface area contributed by atoms with Gasteiger partial charge in [-0.2, -0.15) is 11.8 Å². The minimum atomic E-state index is -0.263. The van der Waals surface area contributed by atoms with Crippen LogP contribution >= 0.6 is 35.6 Å². The van der Waals surface area contributed by atoms with Gasteiger partial charge in [-0.3, -0.25) is 0 Å². The number of thioether (sulfide) groups is 1. The monoisotopic (exact) mass is 369 g/mol. The highest BCUT2D eigenvalue weighted by molar-refractivity contribution is 7.98. The molecule has 0 fully saturated rings. The lowest BCUT2D eigenvalue weighted by Gasteiger charge is -2.10. The summed E-state index contributed by atoms with van der Waals surface area (Å²) in [5.74, 6) is 1.76. The number of halogens is 2. The van der Waals surface area contributed by atoms with Gasteiger partial charge >= 0.3 is 0 Å². The molecule has 0 aliphatic rings. The van der Waals surface area contributed by atoms with Crippen molar-refractivity contribution in [3.8, 4) is 0 Å². The van der Waals surface area contributed by atoms with Gasteiger partial charge in [0.25, 0.3) is 0 Å². The lowest BCUT2D eigenvalue weighted by molar-refractivity contribution is 0.617. The van der Waals surface area contributed by atoms with Gasteiger partial charge < -0.3 is 10.6 Å². The third-order valence-corrected chi connectivity index (χ3v) is 4.58. The lowest BCUT2D eigenvalue weighted by atomic mass is 10.2. The van der Waals surface area contributed by atoms with Crippen molar-refractivity contribution in [2.75, 3.05) is 17.6 Å². The SMILES string of the molecule is Cc1ccc(NC(=S)NCCSCc2c(F)cccc2Cl)nc1. The molecule has 7 heteroatoms. The average Bonchev–Trinajstić information content (AvgIpc) is 2.52. The summed E-state index contributed by atoms with van der Waals surface area (Å²) in [6, 6.07) is 8.57. The first kappa shape index (κ1) is 18.0. The van der Waals surface area contributed by atoms with Crippen molar-refractivity contribution < 1.29 is 4.39 Å². The summed E-state index contributed by atoms with van der Waals surface area (Å²) in [5.41, 5.74) is 1.64. The number of aryl methyl sites for hydroxylation is 1. The molecule has 122 valence electrons. The zero-order valence-electron chi connectivity index (χ0n) is 12.6. The maximum absolute atomic E-state index is 13.6. The van der Waals surface area contributed by atoms with Crippen LogP contribution in [0.2, 0.25) is 5.02 Å². The van der Waals surface area contributed by atoms with Gasteiger partial charge in [0.05, 0.1) is 0 Å². The van der Waals surface area contributed by atoms with Crippen LogP contribution in [0.5, 0.6) is 0 Å². The highest BCUT2D eigenvalue weighted by atomic mass is 35.5. The van der Waals surface area contributed by atoms with Crippen molar-refractivity contribution in [2.24, 2.45) is 0 Å². The molecule has 0 saturated heterocycles. The molecule has 0 aliphatic carbocycles. The van der Waals surface area contributed by atoms with Crippen molar-refractivity contribution in [3.63, 3.8) is 0 Å². The topological polar surface area (TPSA) is 37.0 Å². The number of nitrogens with zero attached hydrogens (tertiary/aromatic N) is 1. The molecule has 1 aromatic carbocycles. The van der Waals surface area contributed by atoms with E-state index in [1.165, 1.54) is 6.07 Å². The van der Waals surface area contributed by atoms with E-state index in [0.29, 0.717) is 33.8 Å². The Labute approximate surface area is 150 Å². The summed E-state index contributed by atoms with van der Waals surface area (Å²) in [6.07, 6.45) is 1.78. The van der Waals surface area contributed by atoms with Crippen LogP contribution in [0.4, 0.5) is 10.2 Å². The Balaban J connectivity index is 1.67. The van der Waals surface area contributed by atoms with Crippen molar-refractivity contribution in [1.29, 1.82) is 0 Å². The largest absolute Gasteiger partial charge is 0.362 e. The third kappa shape index (κ3) is 5.97. The summed E-state index contributed by atoms with van der Waals surface area (Å²) in [6.45, 7) is 2.65. The fraction of sp³-hybridized carbons (Fsp3) is 0.250. The Hall–Kier alpha value is -1.37. The molecule has 1 heterocycles. The molecule has 2 N–H and O–H groups in total. The van der Waals surface area contributed by atoms with Crippen LogP contribution in [0.1, 0.15) is 11.1 Å². The van der Waals surface area contributed by atoms with Crippen LogP contribution in [-0.4, -0.2) is 22.4 Å². The molecule has 0 amide bonds. The molecule has 2 rings (SSSR count). The fourth-order valence-electron chi connectivity index (χ4n) is 1.78. The van der Waals surface area contributed by atoms with Gasteiger partial charge in [0, 0.05) is 34.8 Å². The third-order valence-electron chi connectivity index (χ3n) is 2.99. The van der Waals surface area contributed by atoms with Crippen molar-refractivity contribution >= 4 is 46.5 Å². The van der Waals surface area contributed by atoms with E-state index in [1.54, 1.807) is 30.1 Å². The summed E-state index contributed by atoms with van der Waals surface area (Å²) in [4.78, 5) is 4.22. The fourth-order valence-corrected chi connectivity index (χ4v) is 3.19. The van der Waals surface area contributed by atoms with E-state index in [-0.39, 0.29) is 5.82 Å². The second kappa shape index (κ2) is 9.05. The van der Waals surface area contributed by atoms with Gasteiger partial charge in [-0.15, -0.1) is 0 Å². The lowest BCUT2D eigenvalue weighted by Crippen LogP contribution is -2.30. The molecule has 23 heavy (non-hydrogen) atoms. The van der Waals surface area contributed by atoms with Crippen molar-refractivity contribution in [2.45, 2.75) is 12.7 Å². The summed E-state index contributed by atoms with van der Waals surface area (Å²) < 4.78 is 13.6. The molecule has 0 spiro atoms. The number of hydrogen-bond acceptors (Lipinski definition) is 3. The minimum Gasteiger partial charge on any atom is -0.362 e. The van der Waals surface area contributed by atoms with Crippen molar-refractivity contribution in [3.05, 3.63) is 58.5 Å². The van der Waals surface area contributed by atoms with E-state index < -0.39 is 0 Å². The number of rotatable bonds is 6. The molecule has 1 aromatic heterocycles. The Bertz CT molecular complexity index is 645. The molecular formula is C16H17ClFN3S2. The normalized spacial score (nSPS) is 10.4. The first-order valence-electron chi connectivity index (χ1n) is 7.04. The number of nitrogens with one attached hydrogen (secondary N) is 2. The van der Waals surface area contributed by atoms with Crippen LogP contribution < -0.4 is 10.6 Å². The molecule has 0 saturated carbocycles. The maximum Gasteiger partial charge on any atom is 0.171 e. The first-order valence-corrected chi connectivity index (χ1v) is 8.98. The molecule has 0 bridgehead atoms. The summed E-state index contributed by atoms with van der Waals surface area (Å²) >= 11 is 12.8. The smallest absolute Gasteiger partial charge is 0.171 e. The molecule has 0 unspecified atom stereocenters. The van der Waals surface area contributed by atoms with Crippen LogP contribution in [0.3, 0.4) is 0 Å². The predicted octanol–water partition coefficient (Wildman–Crippen LogP) is 4.40. The number of anilines is 1. The second-order valence-electron chi connectivity index (χ2n) is 4.85. The molecule has 3 nitrogen and oxygen atoms in total. The second-order valence-corrected chi connectivity index (χ2v) is 6.78. The number of aromatic nitrogens is 1. The average molecular weight is 370 g/mol. The number of pyridine rings is 1. The zero-order valence-corrected chi connectivity index (χ0v) is 15.0. The van der Waals surface area contributed by atoms with Crippen molar-refractivity contribution in [1.82, 2.24) is 10.3 Å². The maximum atomic E-state index is 13.6. The van der Waals surface area contributed by atoms with E-state index in [0.717, 1.165) is 11.3 Å². The van der Waals surface area contributed by atoms with Gasteiger partial charge in [0.1, 0.15) is 11.6 Å². The number of thiocarbonyl (C=S) groups is 1. The molecule has 0 atom stereocenters. The first-order chi connectivity index (χ1) is 11.1. The minimum absolute atomic E-state index is 0.263. The van der Waals surface area contributed by atoms with Gasteiger partial charge in [0.2, 0.25) is 0 Å². The molecule has 0 aliphatic heterocycles. The van der Waals surface area contributed by atoms with E-state index in [2.05, 4.69) is 15.6 Å². The Morgan fingerprint density at radius 2 is 2.17 bits per heavy atom. The molecule has 0 radical (unpaired) electrons. The van der Waals surface area contributed by atoms with Gasteiger partial charge in [0.15, 0.2) is 5.11 Å². The highest BCUT2D eigenvalue weighted by Crippen LogP contribution is 2.23. The van der Waals surface area contributed by atoms with Gasteiger partial charge in [-0.05, 0) is 42.9 Å². The van der Waals surface area contributed by atoms with Crippen LogP contribution in [0.25, 0.3) is 0 Å². The zero-order chi connectivity index (χ0) is 16.7. The number of benzene rings is 1. The van der Waals surface area contributed by atoms with Crippen LogP contribution in [0.15, 0.2) is 36.5 Å². The van der Waals surface area contributed by atoms with Crippen LogP contribution in [-0.2, 0) is 5.75 Å². The highest BCUT2D eigenvalue weighted by Gasteiger charge is 2.06. The Morgan fingerprint density at radius 3 is 2.87 bits per heavy atom. The quantitative estimate of drug-likeness (QED) is 0.583. The van der Waals surface area contributed by atoms with Crippen LogP contribution in [0, 0.1) is 12.7 Å². The molecular weight excluding hydrogens is 353 g/mol. The molecule has 2 aromatic rings. The number of hydrogen-bond donors (Lipinski definition) is 2. The van der Waals surface area contributed by atoms with E-state index in [1.807, 2.05) is 19.1 Å². The summed E-state index contributed by atoms with van der Waals surface area (Å²) in [7, 11) is 0. The Morgan fingerprint density at radius 1 is 1.35 bits per heavy atom. The van der Waals surface area contributed by atoms with E-state index in [4.69, 9.17) is 23.8 Å². The van der Waals surface area contributed by atoms with Gasteiger partial charge in [-0.25, -0.2) is 9.37 Å². The summed E-state index contributed by atoms with van der Waals surface area (Å²) in [5, 5.41) is 7.09. The van der Waals surface area contributed by atoms with E-state index in [9.17, 15) is 4.39 Å². The Kier molecular flexibility index (Phi) is 7.08. The standard InChI is InChI=1S/C16H17ClFN3S2/c1-11-5-6-15(20-9-11)21-16(22)19-7-8-23-10-12-13(17)3-2-4-14(12)18/h2-6,9H,7-8,10H2,1H3,(H2,19,20,21,22). The van der Waals surface area contributed by atoms with Gasteiger partial charge in [-0.1, -0.05) is 23.7 Å².